The zero-order chi connectivity index (χ0) is 15.6. The van der Waals surface area contributed by atoms with Crippen LogP contribution in [0, 0.1) is 5.41 Å². The Balaban J connectivity index is 1.62. The van der Waals surface area contributed by atoms with Crippen molar-refractivity contribution >= 4 is 17.5 Å². The van der Waals surface area contributed by atoms with Crippen LogP contribution in [-0.2, 0) is 11.2 Å². The van der Waals surface area contributed by atoms with Crippen LogP contribution in [0.5, 0.6) is 0 Å². The number of halogens is 1. The molecule has 1 aliphatic carbocycles. The van der Waals surface area contributed by atoms with Gasteiger partial charge in [-0.05, 0) is 49.8 Å². The number of aliphatic hydroxyl groups is 1. The van der Waals surface area contributed by atoms with Gasteiger partial charge in [0.2, 0.25) is 5.91 Å². The zero-order valence-electron chi connectivity index (χ0n) is 12.6. The summed E-state index contributed by atoms with van der Waals surface area (Å²) in [5, 5.41) is 16.7. The van der Waals surface area contributed by atoms with Crippen molar-refractivity contribution < 1.29 is 9.90 Å². The summed E-state index contributed by atoms with van der Waals surface area (Å²) < 4.78 is 0. The third-order valence-electron chi connectivity index (χ3n) is 4.90. The van der Waals surface area contributed by atoms with E-state index in [-0.39, 0.29) is 23.5 Å². The van der Waals surface area contributed by atoms with Crippen LogP contribution < -0.4 is 10.6 Å². The molecule has 5 heteroatoms. The predicted octanol–water partition coefficient (Wildman–Crippen LogP) is 1.89. The highest BCUT2D eigenvalue weighted by molar-refractivity contribution is 6.30. The number of hydrogen-bond acceptors (Lipinski definition) is 3. The lowest BCUT2D eigenvalue weighted by molar-refractivity contribution is -0.135. The minimum atomic E-state index is -0.343. The molecule has 0 aromatic heterocycles. The molecule has 0 radical (unpaired) electrons. The van der Waals surface area contributed by atoms with Crippen molar-refractivity contribution in [2.24, 2.45) is 5.41 Å². The predicted molar refractivity (Wildman–Crippen MR) is 86.9 cm³/mol. The number of amides is 1. The van der Waals surface area contributed by atoms with E-state index >= 15 is 0 Å². The number of aliphatic hydroxyl groups excluding tert-OH is 1. The van der Waals surface area contributed by atoms with Gasteiger partial charge < -0.3 is 15.7 Å². The molecule has 3 rings (SSSR count). The molecule has 22 heavy (non-hydrogen) atoms. The van der Waals surface area contributed by atoms with Gasteiger partial charge in [-0.3, -0.25) is 4.79 Å². The molecule has 1 saturated heterocycles. The number of nitrogens with one attached hydrogen (secondary N) is 2. The highest BCUT2D eigenvalue weighted by atomic mass is 35.5. The van der Waals surface area contributed by atoms with Crippen LogP contribution >= 0.6 is 11.6 Å². The number of carbonyl (C=O) groups is 1. The van der Waals surface area contributed by atoms with Gasteiger partial charge in [-0.2, -0.15) is 0 Å². The van der Waals surface area contributed by atoms with Crippen molar-refractivity contribution in [3.63, 3.8) is 0 Å². The highest BCUT2D eigenvalue weighted by Crippen LogP contribution is 2.30. The Bertz CT molecular complexity index is 520. The van der Waals surface area contributed by atoms with Crippen molar-refractivity contribution in [1.82, 2.24) is 10.6 Å². The molecule has 1 amide bonds. The van der Waals surface area contributed by atoms with Crippen molar-refractivity contribution in [2.75, 3.05) is 13.1 Å². The van der Waals surface area contributed by atoms with E-state index < -0.39 is 0 Å². The van der Waals surface area contributed by atoms with E-state index in [1.165, 1.54) is 0 Å². The van der Waals surface area contributed by atoms with Crippen LogP contribution in [0.1, 0.15) is 31.2 Å². The van der Waals surface area contributed by atoms with Gasteiger partial charge in [-0.15, -0.1) is 0 Å². The molecule has 3 N–H and O–H groups in total. The van der Waals surface area contributed by atoms with Crippen molar-refractivity contribution in [3.8, 4) is 0 Å². The molecule has 1 aliphatic heterocycles. The summed E-state index contributed by atoms with van der Waals surface area (Å²) in [5.41, 5.74) is 0.796. The summed E-state index contributed by atoms with van der Waals surface area (Å²) in [4.78, 5) is 12.7. The number of rotatable bonds is 4. The Morgan fingerprint density at radius 3 is 2.41 bits per heavy atom. The second kappa shape index (κ2) is 6.57. The fraction of sp³-hybridized carbons (Fsp3) is 0.588. The first-order chi connectivity index (χ1) is 10.6. The minimum absolute atomic E-state index is 0.141. The number of benzene rings is 1. The lowest BCUT2D eigenvalue weighted by Gasteiger charge is -2.42. The molecule has 2 aliphatic rings. The summed E-state index contributed by atoms with van der Waals surface area (Å²) in [7, 11) is 0. The van der Waals surface area contributed by atoms with E-state index in [4.69, 9.17) is 11.6 Å². The van der Waals surface area contributed by atoms with Crippen LogP contribution in [0.4, 0.5) is 0 Å². The molecular formula is C17H23ClN2O2. The second-order valence-corrected chi connectivity index (χ2v) is 7.10. The van der Waals surface area contributed by atoms with Gasteiger partial charge in [0, 0.05) is 24.2 Å². The van der Waals surface area contributed by atoms with Crippen molar-refractivity contribution in [2.45, 2.75) is 44.2 Å². The fourth-order valence-electron chi connectivity index (χ4n) is 3.34. The van der Waals surface area contributed by atoms with Gasteiger partial charge in [0.1, 0.15) is 0 Å². The van der Waals surface area contributed by atoms with Crippen LogP contribution in [0.25, 0.3) is 0 Å². The molecular weight excluding hydrogens is 300 g/mol. The Morgan fingerprint density at radius 1 is 1.23 bits per heavy atom. The maximum Gasteiger partial charge on any atom is 0.229 e. The second-order valence-electron chi connectivity index (χ2n) is 6.67. The molecule has 4 nitrogen and oxygen atoms in total. The molecule has 1 heterocycles. The standard InChI is InChI=1S/C17H23ClN2O2/c18-13-3-1-12(2-4-13)9-17(10-19-11-17)16(22)20-14-5-7-15(21)8-6-14/h1-4,14-15,19,21H,5-11H2,(H,20,22). The van der Waals surface area contributed by atoms with Gasteiger partial charge in [-0.25, -0.2) is 0 Å². The third-order valence-corrected chi connectivity index (χ3v) is 5.15. The van der Waals surface area contributed by atoms with E-state index in [1.807, 2.05) is 24.3 Å². The minimum Gasteiger partial charge on any atom is -0.393 e. The van der Waals surface area contributed by atoms with Gasteiger partial charge in [0.25, 0.3) is 0 Å². The van der Waals surface area contributed by atoms with Crippen LogP contribution in [0.2, 0.25) is 5.02 Å². The van der Waals surface area contributed by atoms with Gasteiger partial charge in [0.05, 0.1) is 11.5 Å². The highest BCUT2D eigenvalue weighted by Gasteiger charge is 2.44. The Kier molecular flexibility index (Phi) is 4.71. The maximum atomic E-state index is 12.7. The summed E-state index contributed by atoms with van der Waals surface area (Å²) >= 11 is 5.92. The molecule has 2 fully saturated rings. The van der Waals surface area contributed by atoms with Crippen molar-refractivity contribution in [3.05, 3.63) is 34.9 Å². The molecule has 120 valence electrons. The summed E-state index contributed by atoms with van der Waals surface area (Å²) in [5.74, 6) is 0.141. The first-order valence-electron chi connectivity index (χ1n) is 8.02. The molecule has 0 spiro atoms. The molecule has 1 aromatic rings. The SMILES string of the molecule is O=C(NC1CCC(O)CC1)C1(Cc2ccc(Cl)cc2)CNC1. The molecule has 0 bridgehead atoms. The third kappa shape index (κ3) is 3.45. The number of hydrogen-bond donors (Lipinski definition) is 3. The normalized spacial score (nSPS) is 27.0. The summed E-state index contributed by atoms with van der Waals surface area (Å²) in [6.07, 6.45) is 3.86. The Morgan fingerprint density at radius 2 is 1.86 bits per heavy atom. The average Bonchev–Trinajstić information content (AvgIpc) is 2.47. The fourth-order valence-corrected chi connectivity index (χ4v) is 3.47. The van der Waals surface area contributed by atoms with Crippen LogP contribution in [0.3, 0.4) is 0 Å². The van der Waals surface area contributed by atoms with E-state index in [0.717, 1.165) is 55.8 Å². The Labute approximate surface area is 136 Å². The van der Waals surface area contributed by atoms with E-state index in [2.05, 4.69) is 10.6 Å². The first-order valence-corrected chi connectivity index (χ1v) is 8.39. The van der Waals surface area contributed by atoms with Gasteiger partial charge in [0.15, 0.2) is 0 Å². The lowest BCUT2D eigenvalue weighted by atomic mass is 9.75. The van der Waals surface area contributed by atoms with Crippen LogP contribution in [-0.4, -0.2) is 36.2 Å². The van der Waals surface area contributed by atoms with Gasteiger partial charge in [-0.1, -0.05) is 23.7 Å². The largest absolute Gasteiger partial charge is 0.393 e. The lowest BCUT2D eigenvalue weighted by Crippen LogP contribution is -2.63. The smallest absolute Gasteiger partial charge is 0.229 e. The number of carbonyl (C=O) groups excluding carboxylic acids is 1. The topological polar surface area (TPSA) is 61.4 Å². The van der Waals surface area contributed by atoms with Crippen LogP contribution in [0.15, 0.2) is 24.3 Å². The average molecular weight is 323 g/mol. The monoisotopic (exact) mass is 322 g/mol. The first kappa shape index (κ1) is 15.8. The van der Waals surface area contributed by atoms with E-state index in [1.54, 1.807) is 0 Å². The van der Waals surface area contributed by atoms with Crippen molar-refractivity contribution in [1.29, 1.82) is 0 Å². The molecule has 0 unspecified atom stereocenters. The quantitative estimate of drug-likeness (QED) is 0.793. The zero-order valence-corrected chi connectivity index (χ0v) is 13.4. The molecule has 1 aromatic carbocycles. The van der Waals surface area contributed by atoms with E-state index in [0.29, 0.717) is 0 Å². The molecule has 0 atom stereocenters. The Hall–Kier alpha value is -1.10. The summed E-state index contributed by atoms with van der Waals surface area (Å²) in [6.45, 7) is 1.44. The van der Waals surface area contributed by atoms with Gasteiger partial charge >= 0.3 is 0 Å². The molecule has 1 saturated carbocycles. The summed E-state index contributed by atoms with van der Waals surface area (Å²) in [6, 6.07) is 7.94. The maximum absolute atomic E-state index is 12.7. The van der Waals surface area contributed by atoms with E-state index in [9.17, 15) is 9.90 Å².